The van der Waals surface area contributed by atoms with Crippen molar-refractivity contribution in [2.45, 2.75) is 64.0 Å². The fourth-order valence-electron chi connectivity index (χ4n) is 3.54. The zero-order valence-electron chi connectivity index (χ0n) is 18.9. The van der Waals surface area contributed by atoms with E-state index < -0.39 is 20.2 Å². The van der Waals surface area contributed by atoms with Crippen LogP contribution >= 0.6 is 11.6 Å². The quantitative estimate of drug-likeness (QED) is 0.377. The SMILES string of the molecule is C[Si](C)(C)CCOc1ccc(Oc2ccc(Cl)c(C(=O)NC(O)C3CCCCC3)c2)nn1. The summed E-state index contributed by atoms with van der Waals surface area (Å²) in [5.41, 5.74) is 0.235. The first-order chi connectivity index (χ1) is 15.2. The van der Waals surface area contributed by atoms with Crippen LogP contribution in [0.5, 0.6) is 17.5 Å². The molecule has 1 aromatic carbocycles. The lowest BCUT2D eigenvalue weighted by Gasteiger charge is -2.27. The zero-order valence-corrected chi connectivity index (χ0v) is 20.7. The number of benzene rings is 1. The maximum atomic E-state index is 12.7. The largest absolute Gasteiger partial charge is 0.477 e. The number of carbonyl (C=O) groups excluding carboxylic acids is 1. The summed E-state index contributed by atoms with van der Waals surface area (Å²) < 4.78 is 11.4. The molecule has 1 aliphatic rings. The molecule has 32 heavy (non-hydrogen) atoms. The highest BCUT2D eigenvalue weighted by Gasteiger charge is 2.24. The molecule has 0 saturated heterocycles. The van der Waals surface area contributed by atoms with E-state index in [9.17, 15) is 9.90 Å². The molecule has 2 N–H and O–H groups in total. The minimum atomic E-state index is -1.17. The number of amides is 1. The first kappa shape index (κ1) is 24.5. The number of carbonyl (C=O) groups is 1. The Labute approximate surface area is 195 Å². The first-order valence-corrected chi connectivity index (χ1v) is 15.2. The van der Waals surface area contributed by atoms with E-state index in [1.165, 1.54) is 12.5 Å². The molecule has 2 aromatic rings. The van der Waals surface area contributed by atoms with Crippen LogP contribution in [-0.2, 0) is 0 Å². The van der Waals surface area contributed by atoms with Gasteiger partial charge < -0.3 is 19.9 Å². The van der Waals surface area contributed by atoms with E-state index in [2.05, 4.69) is 35.2 Å². The number of ether oxygens (including phenoxy) is 2. The van der Waals surface area contributed by atoms with E-state index in [0.717, 1.165) is 31.7 Å². The van der Waals surface area contributed by atoms with Gasteiger partial charge in [-0.2, -0.15) is 0 Å². The molecule has 0 aliphatic heterocycles. The molecule has 1 atom stereocenters. The van der Waals surface area contributed by atoms with Crippen LogP contribution in [0.15, 0.2) is 30.3 Å². The predicted molar refractivity (Wildman–Crippen MR) is 127 cm³/mol. The molecule has 0 bridgehead atoms. The number of hydrogen-bond donors (Lipinski definition) is 2. The standard InChI is InChI=1S/C23H32ClN3O4Si/c1-32(2,3)14-13-30-20-11-12-21(27-26-20)31-17-9-10-19(24)18(15-17)23(29)25-22(28)16-7-5-4-6-8-16/h9-12,15-16,22,28H,4-8,13-14H2,1-3H3,(H,25,29). The minimum absolute atomic E-state index is 0.0765. The van der Waals surface area contributed by atoms with Gasteiger partial charge >= 0.3 is 0 Å². The van der Waals surface area contributed by atoms with Crippen LogP contribution in [0.2, 0.25) is 30.7 Å². The molecule has 1 amide bonds. The van der Waals surface area contributed by atoms with Crippen LogP contribution in [0.3, 0.4) is 0 Å². The second-order valence-electron chi connectivity index (χ2n) is 9.43. The van der Waals surface area contributed by atoms with Crippen molar-refractivity contribution in [1.82, 2.24) is 15.5 Å². The minimum Gasteiger partial charge on any atom is -0.477 e. The molecule has 3 rings (SSSR count). The summed E-state index contributed by atoms with van der Waals surface area (Å²) in [5.74, 6) is 0.763. The fraction of sp³-hybridized carbons (Fsp3) is 0.522. The first-order valence-electron chi connectivity index (χ1n) is 11.1. The third-order valence-electron chi connectivity index (χ3n) is 5.50. The van der Waals surface area contributed by atoms with Gasteiger partial charge in [0, 0.05) is 26.1 Å². The van der Waals surface area contributed by atoms with E-state index in [4.69, 9.17) is 21.1 Å². The lowest BCUT2D eigenvalue weighted by Crippen LogP contribution is -2.41. The van der Waals surface area contributed by atoms with Crippen molar-refractivity contribution in [2.75, 3.05) is 6.61 Å². The fourth-order valence-corrected chi connectivity index (χ4v) is 4.46. The van der Waals surface area contributed by atoms with Crippen LogP contribution in [0, 0.1) is 5.92 Å². The van der Waals surface area contributed by atoms with Crippen molar-refractivity contribution in [3.05, 3.63) is 40.9 Å². The molecular weight excluding hydrogens is 446 g/mol. The van der Waals surface area contributed by atoms with E-state index in [-0.39, 0.29) is 22.4 Å². The topological polar surface area (TPSA) is 93.6 Å². The Morgan fingerprint density at radius 3 is 2.50 bits per heavy atom. The lowest BCUT2D eigenvalue weighted by atomic mass is 9.88. The molecule has 0 spiro atoms. The van der Waals surface area contributed by atoms with Crippen LogP contribution in [0.4, 0.5) is 0 Å². The van der Waals surface area contributed by atoms with Crippen LogP contribution < -0.4 is 14.8 Å². The highest BCUT2D eigenvalue weighted by Crippen LogP contribution is 2.28. The molecule has 9 heteroatoms. The van der Waals surface area contributed by atoms with Gasteiger partial charge in [-0.3, -0.25) is 4.79 Å². The summed E-state index contributed by atoms with van der Waals surface area (Å²) >= 11 is 6.22. The van der Waals surface area contributed by atoms with Gasteiger partial charge in [-0.05, 0) is 37.1 Å². The Morgan fingerprint density at radius 2 is 1.84 bits per heavy atom. The molecule has 1 aromatic heterocycles. The molecular formula is C23H32ClN3O4Si. The Balaban J connectivity index is 1.59. The van der Waals surface area contributed by atoms with Gasteiger partial charge in [0.25, 0.3) is 5.91 Å². The van der Waals surface area contributed by atoms with Gasteiger partial charge in [-0.1, -0.05) is 50.5 Å². The second-order valence-corrected chi connectivity index (χ2v) is 15.5. The maximum Gasteiger partial charge on any atom is 0.254 e. The summed E-state index contributed by atoms with van der Waals surface area (Å²) in [6, 6.07) is 9.18. The molecule has 7 nitrogen and oxygen atoms in total. The van der Waals surface area contributed by atoms with Gasteiger partial charge in [-0.25, -0.2) is 0 Å². The Bertz CT molecular complexity index is 899. The van der Waals surface area contributed by atoms with E-state index >= 15 is 0 Å². The van der Waals surface area contributed by atoms with Gasteiger partial charge in [0.2, 0.25) is 11.8 Å². The van der Waals surface area contributed by atoms with E-state index in [0.29, 0.717) is 18.2 Å². The predicted octanol–water partition coefficient (Wildman–Crippen LogP) is 5.27. The summed E-state index contributed by atoms with van der Waals surface area (Å²) in [7, 11) is -1.17. The van der Waals surface area contributed by atoms with Gasteiger partial charge in [0.05, 0.1) is 17.2 Å². The highest BCUT2D eigenvalue weighted by molar-refractivity contribution is 6.76. The normalized spacial score (nSPS) is 15.8. The van der Waals surface area contributed by atoms with Crippen molar-refractivity contribution in [1.29, 1.82) is 0 Å². The average molecular weight is 478 g/mol. The van der Waals surface area contributed by atoms with Crippen molar-refractivity contribution >= 4 is 25.6 Å². The van der Waals surface area contributed by atoms with Crippen molar-refractivity contribution in [3.8, 4) is 17.5 Å². The molecule has 1 heterocycles. The number of aliphatic hydroxyl groups is 1. The number of nitrogens with zero attached hydrogens (tertiary/aromatic N) is 2. The number of aromatic nitrogens is 2. The number of hydrogen-bond acceptors (Lipinski definition) is 6. The van der Waals surface area contributed by atoms with Gasteiger partial charge in [0.15, 0.2) is 0 Å². The molecule has 0 radical (unpaired) electrons. The number of aliphatic hydroxyl groups excluding tert-OH is 1. The molecule has 1 aliphatic carbocycles. The summed E-state index contributed by atoms with van der Waals surface area (Å²) in [6.45, 7) is 7.48. The third-order valence-corrected chi connectivity index (χ3v) is 7.53. The second kappa shape index (κ2) is 11.1. The maximum absolute atomic E-state index is 12.7. The smallest absolute Gasteiger partial charge is 0.254 e. The number of rotatable bonds is 9. The summed E-state index contributed by atoms with van der Waals surface area (Å²) in [4.78, 5) is 12.7. The summed E-state index contributed by atoms with van der Waals surface area (Å²) in [6.07, 6.45) is 4.26. The lowest BCUT2D eigenvalue weighted by molar-refractivity contribution is 0.0463. The Hall–Kier alpha value is -2.16. The number of nitrogens with one attached hydrogen (secondary N) is 1. The summed E-state index contributed by atoms with van der Waals surface area (Å²) in [5, 5.41) is 21.4. The Kier molecular flexibility index (Phi) is 8.50. The van der Waals surface area contributed by atoms with Crippen molar-refractivity contribution < 1.29 is 19.4 Å². The van der Waals surface area contributed by atoms with E-state index in [1.54, 1.807) is 24.3 Å². The average Bonchev–Trinajstić information content (AvgIpc) is 2.76. The van der Waals surface area contributed by atoms with Gasteiger partial charge in [0.1, 0.15) is 12.0 Å². The van der Waals surface area contributed by atoms with Crippen LogP contribution in [-0.4, -0.2) is 42.1 Å². The van der Waals surface area contributed by atoms with Crippen molar-refractivity contribution in [3.63, 3.8) is 0 Å². The highest BCUT2D eigenvalue weighted by atomic mass is 35.5. The molecule has 1 fully saturated rings. The number of halogens is 1. The molecule has 1 saturated carbocycles. The zero-order chi connectivity index (χ0) is 23.1. The van der Waals surface area contributed by atoms with Crippen molar-refractivity contribution in [2.24, 2.45) is 5.92 Å². The Morgan fingerprint density at radius 1 is 1.16 bits per heavy atom. The molecule has 174 valence electrons. The van der Waals surface area contributed by atoms with Crippen LogP contribution in [0.25, 0.3) is 0 Å². The van der Waals surface area contributed by atoms with E-state index in [1.807, 2.05) is 0 Å². The van der Waals surface area contributed by atoms with Crippen LogP contribution in [0.1, 0.15) is 42.5 Å². The molecule has 1 unspecified atom stereocenters. The third kappa shape index (κ3) is 7.46. The van der Waals surface area contributed by atoms with Gasteiger partial charge in [-0.15, -0.1) is 10.2 Å². The monoisotopic (exact) mass is 477 g/mol.